The van der Waals surface area contributed by atoms with Crippen LogP contribution in [0.5, 0.6) is 0 Å². The first-order valence-corrected chi connectivity index (χ1v) is 6.50. The van der Waals surface area contributed by atoms with Gasteiger partial charge in [-0.25, -0.2) is 9.97 Å². The molecule has 5 heteroatoms. The van der Waals surface area contributed by atoms with Crippen molar-refractivity contribution < 1.29 is 0 Å². The van der Waals surface area contributed by atoms with Gasteiger partial charge < -0.3 is 15.1 Å². The SMILES string of the molecule is CCNCc1cncnc1N(C)CCCN(C)C. The van der Waals surface area contributed by atoms with Crippen LogP contribution in [0.25, 0.3) is 0 Å². The van der Waals surface area contributed by atoms with E-state index in [4.69, 9.17) is 0 Å². The van der Waals surface area contributed by atoms with Gasteiger partial charge in [-0.2, -0.15) is 0 Å². The van der Waals surface area contributed by atoms with Crippen LogP contribution in [0.2, 0.25) is 0 Å². The fraction of sp³-hybridized carbons (Fsp3) is 0.692. The van der Waals surface area contributed by atoms with Crippen molar-refractivity contribution in [1.82, 2.24) is 20.2 Å². The molecule has 0 saturated heterocycles. The summed E-state index contributed by atoms with van der Waals surface area (Å²) < 4.78 is 0. The summed E-state index contributed by atoms with van der Waals surface area (Å²) in [5.41, 5.74) is 1.16. The lowest BCUT2D eigenvalue weighted by atomic mass is 10.2. The molecule has 0 bridgehead atoms. The zero-order valence-electron chi connectivity index (χ0n) is 12.0. The minimum atomic E-state index is 0.824. The van der Waals surface area contributed by atoms with E-state index in [1.165, 1.54) is 0 Å². The maximum absolute atomic E-state index is 4.39. The molecule has 1 rings (SSSR count). The highest BCUT2D eigenvalue weighted by Gasteiger charge is 2.08. The number of rotatable bonds is 8. The van der Waals surface area contributed by atoms with Crippen molar-refractivity contribution in [2.24, 2.45) is 0 Å². The molecule has 0 amide bonds. The molecule has 0 atom stereocenters. The highest BCUT2D eigenvalue weighted by Crippen LogP contribution is 2.14. The topological polar surface area (TPSA) is 44.3 Å². The third kappa shape index (κ3) is 4.98. The third-order valence-corrected chi connectivity index (χ3v) is 2.79. The lowest BCUT2D eigenvalue weighted by Crippen LogP contribution is -2.26. The maximum atomic E-state index is 4.39. The van der Waals surface area contributed by atoms with E-state index in [2.05, 4.69) is 53.2 Å². The van der Waals surface area contributed by atoms with E-state index in [0.717, 1.165) is 44.0 Å². The monoisotopic (exact) mass is 251 g/mol. The fourth-order valence-electron chi connectivity index (χ4n) is 1.81. The second kappa shape index (κ2) is 8.00. The Labute approximate surface area is 110 Å². The summed E-state index contributed by atoms with van der Waals surface area (Å²) in [5.74, 6) is 1.03. The van der Waals surface area contributed by atoms with Gasteiger partial charge in [0.2, 0.25) is 0 Å². The minimum Gasteiger partial charge on any atom is -0.359 e. The van der Waals surface area contributed by atoms with Crippen LogP contribution in [-0.2, 0) is 6.54 Å². The van der Waals surface area contributed by atoms with Gasteiger partial charge in [-0.15, -0.1) is 0 Å². The van der Waals surface area contributed by atoms with Crippen LogP contribution in [0.15, 0.2) is 12.5 Å². The van der Waals surface area contributed by atoms with Crippen molar-refractivity contribution in [2.75, 3.05) is 45.7 Å². The van der Waals surface area contributed by atoms with Gasteiger partial charge in [-0.3, -0.25) is 0 Å². The number of aromatic nitrogens is 2. The quantitative estimate of drug-likeness (QED) is 0.746. The minimum absolute atomic E-state index is 0.824. The van der Waals surface area contributed by atoms with Gasteiger partial charge in [-0.1, -0.05) is 6.92 Å². The molecule has 0 aliphatic rings. The van der Waals surface area contributed by atoms with Gasteiger partial charge in [0.25, 0.3) is 0 Å². The third-order valence-electron chi connectivity index (χ3n) is 2.79. The van der Waals surface area contributed by atoms with Crippen LogP contribution in [0.1, 0.15) is 18.9 Å². The first kappa shape index (κ1) is 14.9. The summed E-state index contributed by atoms with van der Waals surface area (Å²) >= 11 is 0. The average molecular weight is 251 g/mol. The number of hydrogen-bond acceptors (Lipinski definition) is 5. The first-order chi connectivity index (χ1) is 8.65. The number of nitrogens with zero attached hydrogens (tertiary/aromatic N) is 4. The van der Waals surface area contributed by atoms with Gasteiger partial charge in [0, 0.05) is 31.9 Å². The van der Waals surface area contributed by atoms with Crippen molar-refractivity contribution in [2.45, 2.75) is 19.9 Å². The normalized spacial score (nSPS) is 10.9. The van der Waals surface area contributed by atoms with Crippen molar-refractivity contribution in [3.8, 4) is 0 Å². The highest BCUT2D eigenvalue weighted by atomic mass is 15.2. The van der Waals surface area contributed by atoms with Crippen LogP contribution < -0.4 is 10.2 Å². The molecule has 0 fully saturated rings. The standard InChI is InChI=1S/C13H25N5/c1-5-14-9-12-10-15-11-16-13(12)18(4)8-6-7-17(2)3/h10-11,14H,5-9H2,1-4H3. The van der Waals surface area contributed by atoms with Gasteiger partial charge in [-0.05, 0) is 33.6 Å². The van der Waals surface area contributed by atoms with Crippen LogP contribution in [-0.4, -0.2) is 55.6 Å². The Bertz CT molecular complexity index is 340. The summed E-state index contributed by atoms with van der Waals surface area (Å²) in [6.07, 6.45) is 4.65. The van der Waals surface area contributed by atoms with Crippen molar-refractivity contribution in [3.63, 3.8) is 0 Å². The molecule has 1 N–H and O–H groups in total. The van der Waals surface area contributed by atoms with E-state index in [9.17, 15) is 0 Å². The summed E-state index contributed by atoms with van der Waals surface area (Å²) in [5, 5.41) is 3.32. The molecule has 1 aromatic rings. The van der Waals surface area contributed by atoms with E-state index >= 15 is 0 Å². The molecule has 0 saturated carbocycles. The van der Waals surface area contributed by atoms with Crippen molar-refractivity contribution in [3.05, 3.63) is 18.1 Å². The predicted molar refractivity (Wildman–Crippen MR) is 75.9 cm³/mol. The van der Waals surface area contributed by atoms with Crippen LogP contribution in [0, 0.1) is 0 Å². The second-order valence-corrected chi connectivity index (χ2v) is 4.73. The summed E-state index contributed by atoms with van der Waals surface area (Å²) in [6.45, 7) is 5.99. The van der Waals surface area contributed by atoms with Gasteiger partial charge in [0.05, 0.1) is 0 Å². The number of hydrogen-bond donors (Lipinski definition) is 1. The summed E-state index contributed by atoms with van der Waals surface area (Å²) in [7, 11) is 6.29. The Kier molecular flexibility index (Phi) is 6.60. The lowest BCUT2D eigenvalue weighted by Gasteiger charge is -2.21. The molecule has 1 aromatic heterocycles. The van der Waals surface area contributed by atoms with E-state index in [1.54, 1.807) is 6.33 Å². The molecule has 0 aliphatic carbocycles. The summed E-state index contributed by atoms with van der Waals surface area (Å²) in [4.78, 5) is 12.9. The molecule has 0 aromatic carbocycles. The van der Waals surface area contributed by atoms with Crippen molar-refractivity contribution >= 4 is 5.82 Å². The molecule has 102 valence electrons. The smallest absolute Gasteiger partial charge is 0.136 e. The Morgan fingerprint density at radius 3 is 2.67 bits per heavy atom. The number of anilines is 1. The predicted octanol–water partition coefficient (Wildman–Crippen LogP) is 0.974. The molecule has 1 heterocycles. The largest absolute Gasteiger partial charge is 0.359 e. The molecule has 0 unspecified atom stereocenters. The van der Waals surface area contributed by atoms with Gasteiger partial charge in [0.1, 0.15) is 12.1 Å². The molecule has 0 radical (unpaired) electrons. The Balaban J connectivity index is 2.57. The van der Waals surface area contributed by atoms with E-state index in [1.807, 2.05) is 6.20 Å². The first-order valence-electron chi connectivity index (χ1n) is 6.50. The van der Waals surface area contributed by atoms with Crippen LogP contribution >= 0.6 is 0 Å². The van der Waals surface area contributed by atoms with Crippen LogP contribution in [0.4, 0.5) is 5.82 Å². The number of nitrogens with one attached hydrogen (secondary N) is 1. The Morgan fingerprint density at radius 2 is 2.00 bits per heavy atom. The molecule has 18 heavy (non-hydrogen) atoms. The fourth-order valence-corrected chi connectivity index (χ4v) is 1.81. The van der Waals surface area contributed by atoms with Gasteiger partial charge in [0.15, 0.2) is 0 Å². The molecule has 0 aliphatic heterocycles. The van der Waals surface area contributed by atoms with Gasteiger partial charge >= 0.3 is 0 Å². The van der Waals surface area contributed by atoms with E-state index in [0.29, 0.717) is 0 Å². The molecular weight excluding hydrogens is 226 g/mol. The zero-order valence-corrected chi connectivity index (χ0v) is 12.0. The van der Waals surface area contributed by atoms with E-state index < -0.39 is 0 Å². The highest BCUT2D eigenvalue weighted by molar-refractivity contribution is 5.44. The van der Waals surface area contributed by atoms with Crippen molar-refractivity contribution in [1.29, 1.82) is 0 Å². The maximum Gasteiger partial charge on any atom is 0.136 e. The Hall–Kier alpha value is -1.20. The lowest BCUT2D eigenvalue weighted by molar-refractivity contribution is 0.401. The van der Waals surface area contributed by atoms with E-state index in [-0.39, 0.29) is 0 Å². The molecule has 5 nitrogen and oxygen atoms in total. The van der Waals surface area contributed by atoms with Crippen LogP contribution in [0.3, 0.4) is 0 Å². The average Bonchev–Trinajstić information content (AvgIpc) is 2.36. The zero-order chi connectivity index (χ0) is 13.4. The Morgan fingerprint density at radius 1 is 1.22 bits per heavy atom. The second-order valence-electron chi connectivity index (χ2n) is 4.73. The summed E-state index contributed by atoms with van der Waals surface area (Å²) in [6, 6.07) is 0. The molecular formula is C13H25N5. The molecule has 0 spiro atoms.